The zero-order valence-corrected chi connectivity index (χ0v) is 11.4. The molecule has 0 bridgehead atoms. The number of sulfonamides is 1. The minimum absolute atomic E-state index is 0.115. The van der Waals surface area contributed by atoms with Gasteiger partial charge in [0.25, 0.3) is 0 Å². The molecule has 18 heavy (non-hydrogen) atoms. The first-order valence-electron chi connectivity index (χ1n) is 5.74. The summed E-state index contributed by atoms with van der Waals surface area (Å²) in [5.74, 6) is -0.115. The van der Waals surface area contributed by atoms with Gasteiger partial charge in [-0.25, -0.2) is 13.1 Å². The first-order valence-corrected chi connectivity index (χ1v) is 7.23. The van der Waals surface area contributed by atoms with E-state index in [2.05, 4.69) is 10.0 Å². The van der Waals surface area contributed by atoms with Crippen LogP contribution in [0.5, 0.6) is 0 Å². The van der Waals surface area contributed by atoms with Gasteiger partial charge < -0.3 is 5.32 Å². The number of carbonyl (C=O) groups excluding carboxylic acids is 1. The third kappa shape index (κ3) is 1.91. The highest BCUT2D eigenvalue weighted by Gasteiger charge is 2.38. The van der Waals surface area contributed by atoms with Crippen molar-refractivity contribution < 1.29 is 13.2 Å². The molecule has 1 aromatic rings. The molecule has 0 radical (unpaired) electrons. The average molecular weight is 268 g/mol. The number of rotatable bonds is 3. The minimum Gasteiger partial charge on any atom is -0.325 e. The van der Waals surface area contributed by atoms with Crippen molar-refractivity contribution in [3.8, 4) is 0 Å². The summed E-state index contributed by atoms with van der Waals surface area (Å²) in [6.45, 7) is 5.61. The van der Waals surface area contributed by atoms with Crippen LogP contribution in [0.15, 0.2) is 23.1 Å². The van der Waals surface area contributed by atoms with E-state index < -0.39 is 15.4 Å². The fraction of sp³-hybridized carbons (Fsp3) is 0.417. The molecule has 0 unspecified atom stereocenters. The molecule has 1 aliphatic rings. The molecule has 0 saturated carbocycles. The van der Waals surface area contributed by atoms with E-state index in [4.69, 9.17) is 0 Å². The molecule has 0 aliphatic carbocycles. The zero-order valence-electron chi connectivity index (χ0n) is 10.6. The normalized spacial score (nSPS) is 17.4. The van der Waals surface area contributed by atoms with Crippen molar-refractivity contribution in [3.63, 3.8) is 0 Å². The molecule has 0 saturated heterocycles. The smallest absolute Gasteiger partial charge is 0.240 e. The zero-order chi connectivity index (χ0) is 13.6. The monoisotopic (exact) mass is 268 g/mol. The standard InChI is InChI=1S/C12H16N2O3S/c1-4-13-18(16,17)8-5-6-10-9(7-8)12(2,3)11(15)14-10/h5-7,13H,4H2,1-3H3,(H,14,15). The van der Waals surface area contributed by atoms with Gasteiger partial charge in [-0.2, -0.15) is 0 Å². The molecule has 1 aliphatic heterocycles. The summed E-state index contributed by atoms with van der Waals surface area (Å²) in [5, 5.41) is 2.74. The molecule has 1 heterocycles. The van der Waals surface area contributed by atoms with Crippen LogP contribution in [0.3, 0.4) is 0 Å². The molecule has 1 aromatic carbocycles. The van der Waals surface area contributed by atoms with E-state index in [1.807, 2.05) is 0 Å². The molecular formula is C12H16N2O3S. The Balaban J connectivity index is 2.53. The van der Waals surface area contributed by atoms with Crippen LogP contribution in [0, 0.1) is 0 Å². The van der Waals surface area contributed by atoms with Crippen molar-refractivity contribution in [2.45, 2.75) is 31.1 Å². The number of carbonyl (C=O) groups is 1. The van der Waals surface area contributed by atoms with E-state index in [0.29, 0.717) is 17.8 Å². The van der Waals surface area contributed by atoms with Gasteiger partial charge in [-0.05, 0) is 37.6 Å². The van der Waals surface area contributed by atoms with E-state index in [9.17, 15) is 13.2 Å². The molecular weight excluding hydrogens is 252 g/mol. The van der Waals surface area contributed by atoms with E-state index >= 15 is 0 Å². The van der Waals surface area contributed by atoms with Crippen LogP contribution < -0.4 is 10.0 Å². The van der Waals surface area contributed by atoms with Gasteiger partial charge in [0, 0.05) is 12.2 Å². The lowest BCUT2D eigenvalue weighted by Crippen LogP contribution is -2.27. The number of hydrogen-bond donors (Lipinski definition) is 2. The van der Waals surface area contributed by atoms with Crippen LogP contribution in [0.4, 0.5) is 5.69 Å². The molecule has 0 atom stereocenters. The minimum atomic E-state index is -3.49. The van der Waals surface area contributed by atoms with E-state index in [0.717, 1.165) is 0 Å². The highest BCUT2D eigenvalue weighted by molar-refractivity contribution is 7.89. The van der Waals surface area contributed by atoms with Gasteiger partial charge in [-0.15, -0.1) is 0 Å². The van der Waals surface area contributed by atoms with Gasteiger partial charge >= 0.3 is 0 Å². The van der Waals surface area contributed by atoms with Crippen molar-refractivity contribution in [1.29, 1.82) is 0 Å². The Morgan fingerprint density at radius 2 is 2.00 bits per heavy atom. The number of amides is 1. The van der Waals surface area contributed by atoms with Crippen molar-refractivity contribution in [3.05, 3.63) is 23.8 Å². The number of hydrogen-bond acceptors (Lipinski definition) is 3. The summed E-state index contributed by atoms with van der Waals surface area (Å²) < 4.78 is 26.3. The molecule has 98 valence electrons. The number of fused-ring (bicyclic) bond motifs is 1. The third-order valence-corrected chi connectivity index (χ3v) is 4.67. The maximum absolute atomic E-state index is 11.9. The summed E-state index contributed by atoms with van der Waals surface area (Å²) in [4.78, 5) is 12.0. The SMILES string of the molecule is CCNS(=O)(=O)c1ccc2c(c1)C(C)(C)C(=O)N2. The first kappa shape index (κ1) is 13.0. The van der Waals surface area contributed by atoms with Gasteiger partial charge in [-0.1, -0.05) is 6.92 Å². The molecule has 0 aromatic heterocycles. The predicted molar refractivity (Wildman–Crippen MR) is 69.0 cm³/mol. The second-order valence-corrected chi connectivity index (χ2v) is 6.55. The Hall–Kier alpha value is -1.40. The fourth-order valence-corrected chi connectivity index (χ4v) is 3.06. The number of nitrogens with one attached hydrogen (secondary N) is 2. The summed E-state index contributed by atoms with van der Waals surface area (Å²) in [6.07, 6.45) is 0. The molecule has 2 N–H and O–H groups in total. The van der Waals surface area contributed by atoms with E-state index in [1.165, 1.54) is 6.07 Å². The van der Waals surface area contributed by atoms with Crippen LogP contribution >= 0.6 is 0 Å². The Morgan fingerprint density at radius 3 is 2.61 bits per heavy atom. The summed E-state index contributed by atoms with van der Waals surface area (Å²) in [6, 6.07) is 4.69. The fourth-order valence-electron chi connectivity index (χ4n) is 1.99. The van der Waals surface area contributed by atoms with Crippen LogP contribution in [0.25, 0.3) is 0 Å². The summed E-state index contributed by atoms with van der Waals surface area (Å²) in [5.41, 5.74) is 0.694. The van der Waals surface area contributed by atoms with Crippen LogP contribution in [-0.2, 0) is 20.2 Å². The van der Waals surface area contributed by atoms with Crippen LogP contribution in [0.2, 0.25) is 0 Å². The van der Waals surface area contributed by atoms with Crippen molar-refractivity contribution in [1.82, 2.24) is 4.72 Å². The topological polar surface area (TPSA) is 75.3 Å². The highest BCUT2D eigenvalue weighted by Crippen LogP contribution is 2.38. The quantitative estimate of drug-likeness (QED) is 0.865. The van der Waals surface area contributed by atoms with Gasteiger partial charge in [0.05, 0.1) is 10.3 Å². The number of benzene rings is 1. The summed E-state index contributed by atoms with van der Waals surface area (Å²) >= 11 is 0. The second-order valence-electron chi connectivity index (χ2n) is 4.79. The average Bonchev–Trinajstić information content (AvgIpc) is 2.50. The Labute approximate surface area is 107 Å². The largest absolute Gasteiger partial charge is 0.325 e. The van der Waals surface area contributed by atoms with E-state index in [1.54, 1.807) is 32.9 Å². The van der Waals surface area contributed by atoms with Crippen molar-refractivity contribution in [2.24, 2.45) is 0 Å². The molecule has 1 amide bonds. The maximum Gasteiger partial charge on any atom is 0.240 e. The molecule has 2 rings (SSSR count). The Bertz CT molecular complexity index is 606. The predicted octanol–water partition coefficient (Wildman–Crippen LogP) is 1.21. The van der Waals surface area contributed by atoms with Crippen molar-refractivity contribution >= 4 is 21.6 Å². The lowest BCUT2D eigenvalue weighted by molar-refractivity contribution is -0.119. The van der Waals surface area contributed by atoms with Gasteiger partial charge in [-0.3, -0.25) is 4.79 Å². The molecule has 6 heteroatoms. The van der Waals surface area contributed by atoms with Gasteiger partial charge in [0.15, 0.2) is 0 Å². The molecule has 0 spiro atoms. The van der Waals surface area contributed by atoms with Gasteiger partial charge in [0.1, 0.15) is 0 Å². The Kier molecular flexibility index (Phi) is 2.95. The van der Waals surface area contributed by atoms with Gasteiger partial charge in [0.2, 0.25) is 15.9 Å². The molecule has 5 nitrogen and oxygen atoms in total. The third-order valence-electron chi connectivity index (χ3n) is 3.12. The highest BCUT2D eigenvalue weighted by atomic mass is 32.2. The lowest BCUT2D eigenvalue weighted by Gasteiger charge is -2.15. The molecule has 0 fully saturated rings. The lowest BCUT2D eigenvalue weighted by atomic mass is 9.86. The summed E-state index contributed by atoms with van der Waals surface area (Å²) in [7, 11) is -3.49. The Morgan fingerprint density at radius 1 is 1.33 bits per heavy atom. The first-order chi connectivity index (χ1) is 8.29. The van der Waals surface area contributed by atoms with Crippen LogP contribution in [0.1, 0.15) is 26.3 Å². The number of anilines is 1. The maximum atomic E-state index is 11.9. The van der Waals surface area contributed by atoms with Crippen molar-refractivity contribution in [2.75, 3.05) is 11.9 Å². The van der Waals surface area contributed by atoms with E-state index in [-0.39, 0.29) is 10.8 Å². The van der Waals surface area contributed by atoms with Crippen LogP contribution in [-0.4, -0.2) is 20.9 Å². The second kappa shape index (κ2) is 4.07.